The molecule has 1 aliphatic rings. The van der Waals surface area contributed by atoms with E-state index in [1.165, 1.54) is 0 Å². The number of rotatable bonds is 4. The van der Waals surface area contributed by atoms with Crippen molar-refractivity contribution in [1.29, 1.82) is 0 Å². The summed E-state index contributed by atoms with van der Waals surface area (Å²) >= 11 is 0. The highest BCUT2D eigenvalue weighted by molar-refractivity contribution is 7.90. The van der Waals surface area contributed by atoms with Crippen LogP contribution in [0.15, 0.2) is 48.0 Å². The lowest BCUT2D eigenvalue weighted by Gasteiger charge is -2.19. The van der Waals surface area contributed by atoms with E-state index in [1.54, 1.807) is 13.3 Å². The molecule has 0 unspecified atom stereocenters. The Morgan fingerprint density at radius 3 is 2.60 bits per heavy atom. The minimum atomic E-state index is -3.45. The minimum Gasteiger partial charge on any atom is -0.497 e. The topological polar surface area (TPSA) is 99.9 Å². The first-order chi connectivity index (χ1) is 14.4. The van der Waals surface area contributed by atoms with Crippen LogP contribution in [0, 0.1) is 0 Å². The number of nitrogens with zero attached hydrogens (tertiary/aromatic N) is 5. The molecule has 4 aromatic rings. The molecule has 0 radical (unpaired) electrons. The van der Waals surface area contributed by atoms with Crippen molar-refractivity contribution in [2.24, 2.45) is 0 Å². The number of hydrogen-bond acceptors (Lipinski definition) is 7. The van der Waals surface area contributed by atoms with Crippen LogP contribution in [0.2, 0.25) is 0 Å². The van der Waals surface area contributed by atoms with Crippen molar-refractivity contribution >= 4 is 20.9 Å². The Hall–Kier alpha value is -3.33. The molecule has 8 nitrogen and oxygen atoms in total. The van der Waals surface area contributed by atoms with Crippen LogP contribution in [-0.4, -0.2) is 46.5 Å². The smallest absolute Gasteiger partial charge is 0.247 e. The summed E-state index contributed by atoms with van der Waals surface area (Å²) in [7, 11) is -1.81. The van der Waals surface area contributed by atoms with E-state index >= 15 is 0 Å². The Morgan fingerprint density at radius 2 is 1.87 bits per heavy atom. The maximum absolute atomic E-state index is 11.8. The fourth-order valence-electron chi connectivity index (χ4n) is 3.83. The van der Waals surface area contributed by atoms with Crippen molar-refractivity contribution in [1.82, 2.24) is 24.7 Å². The first-order valence-corrected chi connectivity index (χ1v) is 11.4. The first kappa shape index (κ1) is 18.7. The summed E-state index contributed by atoms with van der Waals surface area (Å²) in [5.74, 6) is 0.807. The highest BCUT2D eigenvalue weighted by Crippen LogP contribution is 2.37. The lowest BCUT2D eigenvalue weighted by atomic mass is 9.89. The third-order valence-electron chi connectivity index (χ3n) is 5.31. The average Bonchev–Trinajstić information content (AvgIpc) is 3.15. The third-order valence-corrected chi connectivity index (χ3v) is 6.17. The molecule has 152 valence electrons. The number of sulfone groups is 1. The van der Waals surface area contributed by atoms with Crippen LogP contribution in [0.1, 0.15) is 16.8 Å². The minimum absolute atomic E-state index is 0.134. The predicted molar refractivity (Wildman–Crippen MR) is 111 cm³/mol. The monoisotopic (exact) mass is 421 g/mol. The van der Waals surface area contributed by atoms with Crippen molar-refractivity contribution in [3.05, 3.63) is 59.7 Å². The second-order valence-corrected chi connectivity index (χ2v) is 9.24. The molecule has 0 bridgehead atoms. The zero-order valence-corrected chi connectivity index (χ0v) is 17.3. The van der Waals surface area contributed by atoms with Crippen LogP contribution >= 0.6 is 0 Å². The van der Waals surface area contributed by atoms with E-state index in [9.17, 15) is 8.42 Å². The van der Waals surface area contributed by atoms with Crippen LogP contribution < -0.4 is 4.74 Å². The Labute approximate surface area is 173 Å². The van der Waals surface area contributed by atoms with Crippen molar-refractivity contribution in [2.45, 2.75) is 24.5 Å². The van der Waals surface area contributed by atoms with Crippen molar-refractivity contribution in [2.75, 3.05) is 13.4 Å². The van der Waals surface area contributed by atoms with Gasteiger partial charge in [-0.15, -0.1) is 0 Å². The zero-order valence-electron chi connectivity index (χ0n) is 16.5. The summed E-state index contributed by atoms with van der Waals surface area (Å²) in [6.07, 6.45) is 7.81. The molecule has 9 heteroatoms. The van der Waals surface area contributed by atoms with E-state index in [-0.39, 0.29) is 5.16 Å². The Kier molecular flexibility index (Phi) is 4.28. The number of pyridine rings is 1. The van der Waals surface area contributed by atoms with Gasteiger partial charge in [-0.05, 0) is 36.1 Å². The summed E-state index contributed by atoms with van der Waals surface area (Å²) in [6.45, 7) is 0.579. The number of hydrogen-bond donors (Lipinski definition) is 0. The van der Waals surface area contributed by atoms with Gasteiger partial charge in [0.25, 0.3) is 0 Å². The number of ether oxygens (including phenoxy) is 1. The highest BCUT2D eigenvalue weighted by atomic mass is 32.2. The second-order valence-electron chi connectivity index (χ2n) is 7.33. The molecule has 30 heavy (non-hydrogen) atoms. The molecule has 5 rings (SSSR count). The highest BCUT2D eigenvalue weighted by Gasteiger charge is 2.24. The van der Waals surface area contributed by atoms with E-state index in [2.05, 4.69) is 20.1 Å². The molecule has 3 heterocycles. The van der Waals surface area contributed by atoms with E-state index in [1.807, 2.05) is 41.3 Å². The fourth-order valence-corrected chi connectivity index (χ4v) is 4.35. The molecule has 0 atom stereocenters. The van der Waals surface area contributed by atoms with Gasteiger partial charge in [0.05, 0.1) is 25.5 Å². The normalized spacial score (nSPS) is 13.1. The summed E-state index contributed by atoms with van der Waals surface area (Å²) in [6, 6.07) is 7.84. The van der Waals surface area contributed by atoms with E-state index in [0.717, 1.165) is 57.4 Å². The van der Waals surface area contributed by atoms with Gasteiger partial charge in [0.15, 0.2) is 5.65 Å². The van der Waals surface area contributed by atoms with E-state index < -0.39 is 9.84 Å². The molecule has 0 saturated heterocycles. The van der Waals surface area contributed by atoms with Crippen LogP contribution in [0.25, 0.3) is 22.2 Å². The van der Waals surface area contributed by atoms with Crippen LogP contribution in [0.5, 0.6) is 5.75 Å². The maximum Gasteiger partial charge on any atom is 0.247 e. The predicted octanol–water partition coefficient (Wildman–Crippen LogP) is 2.45. The van der Waals surface area contributed by atoms with E-state index in [0.29, 0.717) is 13.0 Å². The molecule has 1 aromatic carbocycles. The molecule has 0 aliphatic heterocycles. The van der Waals surface area contributed by atoms with Crippen molar-refractivity contribution in [3.63, 3.8) is 0 Å². The molecule has 0 saturated carbocycles. The number of benzene rings is 1. The van der Waals surface area contributed by atoms with Gasteiger partial charge in [-0.1, -0.05) is 12.1 Å². The van der Waals surface area contributed by atoms with Gasteiger partial charge in [0.2, 0.25) is 15.0 Å². The molecule has 0 spiro atoms. The molecule has 0 amide bonds. The Balaban J connectivity index is 1.59. The fraction of sp³-hybridized carbons (Fsp3) is 0.238. The summed E-state index contributed by atoms with van der Waals surface area (Å²) in [5, 5.41) is 5.34. The van der Waals surface area contributed by atoms with Crippen LogP contribution in [0.3, 0.4) is 0 Å². The molecule has 0 N–H and O–H groups in total. The Bertz CT molecular complexity index is 1380. The lowest BCUT2D eigenvalue weighted by molar-refractivity contribution is 0.414. The average molecular weight is 421 g/mol. The van der Waals surface area contributed by atoms with Gasteiger partial charge in [-0.25, -0.2) is 28.1 Å². The van der Waals surface area contributed by atoms with Crippen molar-refractivity contribution < 1.29 is 13.2 Å². The Morgan fingerprint density at radius 1 is 1.07 bits per heavy atom. The zero-order chi connectivity index (χ0) is 20.9. The van der Waals surface area contributed by atoms with Crippen molar-refractivity contribution in [3.8, 4) is 16.9 Å². The maximum atomic E-state index is 11.8. The van der Waals surface area contributed by atoms with Gasteiger partial charge in [-0.2, -0.15) is 5.10 Å². The number of methoxy groups -OCH3 is 1. The summed E-state index contributed by atoms with van der Waals surface area (Å²) in [4.78, 5) is 13.1. The standard InChI is InChI=1S/C21H19N5O3S/c1-29-15-6-3-13(4-7-15)12-26-20-17(11-24-26)19-14(9-22-20)5-8-18-16(19)10-23-21(25-18)30(2,27)28/h3-4,6-7,9-11H,5,8,12H2,1-2H3. The molecular weight excluding hydrogens is 402 g/mol. The molecular formula is C21H19N5O3S. The van der Waals surface area contributed by atoms with Gasteiger partial charge in [0, 0.05) is 35.2 Å². The quantitative estimate of drug-likeness (QED) is 0.467. The number of aromatic nitrogens is 5. The van der Waals surface area contributed by atoms with Gasteiger partial charge in [0.1, 0.15) is 5.75 Å². The summed E-state index contributed by atoms with van der Waals surface area (Å²) in [5.41, 5.74) is 5.52. The second kappa shape index (κ2) is 6.88. The third kappa shape index (κ3) is 3.11. The molecule has 3 aromatic heterocycles. The SMILES string of the molecule is COc1ccc(Cn2ncc3c4c(cnc32)CCc2nc(S(C)(=O)=O)ncc2-4)cc1. The van der Waals surface area contributed by atoms with Gasteiger partial charge in [-0.3, -0.25) is 0 Å². The van der Waals surface area contributed by atoms with Crippen LogP contribution in [0.4, 0.5) is 0 Å². The number of aryl methyl sites for hydroxylation is 2. The molecule has 1 aliphatic carbocycles. The molecule has 0 fully saturated rings. The largest absolute Gasteiger partial charge is 0.497 e. The van der Waals surface area contributed by atoms with Crippen LogP contribution in [-0.2, 0) is 29.2 Å². The summed E-state index contributed by atoms with van der Waals surface area (Å²) < 4.78 is 30.7. The van der Waals surface area contributed by atoms with E-state index in [4.69, 9.17) is 4.74 Å². The van der Waals surface area contributed by atoms with Gasteiger partial charge < -0.3 is 4.74 Å². The first-order valence-electron chi connectivity index (χ1n) is 9.46. The number of fused-ring (bicyclic) bond motifs is 5. The van der Waals surface area contributed by atoms with Gasteiger partial charge >= 0.3 is 0 Å². The lowest BCUT2D eigenvalue weighted by Crippen LogP contribution is -2.12.